The van der Waals surface area contributed by atoms with Crippen LogP contribution in [0.25, 0.3) is 10.8 Å². The minimum absolute atomic E-state index is 0.125. The molecule has 0 amide bonds. The molecule has 2 unspecified atom stereocenters. The van der Waals surface area contributed by atoms with Crippen molar-refractivity contribution in [1.82, 2.24) is 4.90 Å². The van der Waals surface area contributed by atoms with E-state index in [0.717, 1.165) is 10.8 Å². The van der Waals surface area contributed by atoms with Crippen LogP contribution in [0.2, 0.25) is 0 Å². The second-order valence-corrected chi connectivity index (χ2v) is 8.15. The predicted octanol–water partition coefficient (Wildman–Crippen LogP) is 2.55. The first-order chi connectivity index (χ1) is 14.5. The van der Waals surface area contributed by atoms with E-state index in [1.165, 1.54) is 0 Å². The van der Waals surface area contributed by atoms with Gasteiger partial charge in [0.1, 0.15) is 11.5 Å². The fourth-order valence-electron chi connectivity index (χ4n) is 5.70. The first-order valence-electron chi connectivity index (χ1n) is 9.66. The number of hydrogen-bond acceptors (Lipinski definition) is 6. The van der Waals surface area contributed by atoms with Gasteiger partial charge in [0.15, 0.2) is 5.78 Å². The van der Waals surface area contributed by atoms with Crippen molar-refractivity contribution in [3.8, 4) is 18.2 Å². The molecule has 1 heterocycles. The molecular weight excluding hydrogens is 374 g/mol. The summed E-state index contributed by atoms with van der Waals surface area (Å²) in [4.78, 5) is 16.2. The van der Waals surface area contributed by atoms with E-state index < -0.39 is 16.7 Å². The Labute approximate surface area is 173 Å². The number of nitrogens with zero attached hydrogens (tertiary/aromatic N) is 4. The number of rotatable bonds is 0. The predicted molar refractivity (Wildman–Crippen MR) is 110 cm³/mol. The average Bonchev–Trinajstić information content (AvgIpc) is 3.02. The largest absolute Gasteiger partial charge is 0.399 e. The molecule has 0 aromatic heterocycles. The molecule has 0 saturated heterocycles. The summed E-state index contributed by atoms with van der Waals surface area (Å²) in [6.45, 7) is 1.03. The number of ketones is 1. The summed E-state index contributed by atoms with van der Waals surface area (Å²) >= 11 is 0. The summed E-state index contributed by atoms with van der Waals surface area (Å²) in [6.07, 6.45) is 1.90. The molecule has 30 heavy (non-hydrogen) atoms. The normalized spacial score (nSPS) is 26.7. The molecule has 0 bridgehead atoms. The van der Waals surface area contributed by atoms with E-state index in [0.29, 0.717) is 29.8 Å². The van der Waals surface area contributed by atoms with Crippen LogP contribution in [0.5, 0.6) is 0 Å². The Hall–Kier alpha value is -3.92. The highest BCUT2D eigenvalue weighted by Crippen LogP contribution is 2.63. The number of hydrogen-bond donors (Lipinski definition) is 1. The summed E-state index contributed by atoms with van der Waals surface area (Å²) in [6, 6.07) is 17.4. The van der Waals surface area contributed by atoms with Crippen molar-refractivity contribution in [3.63, 3.8) is 0 Å². The Kier molecular flexibility index (Phi) is 3.50. The zero-order valence-electron chi connectivity index (χ0n) is 16.3. The molecule has 2 atom stereocenters. The third-order valence-electron chi connectivity index (χ3n) is 6.95. The van der Waals surface area contributed by atoms with Gasteiger partial charge < -0.3 is 10.6 Å². The number of benzene rings is 2. The molecule has 2 N–H and O–H groups in total. The van der Waals surface area contributed by atoms with Crippen LogP contribution >= 0.6 is 0 Å². The number of likely N-dealkylation sites (N-methyl/N-ethyl adjacent to an activating group) is 1. The van der Waals surface area contributed by atoms with E-state index in [9.17, 15) is 20.6 Å². The maximum atomic E-state index is 14.2. The lowest BCUT2D eigenvalue weighted by molar-refractivity contribution is 0.0705. The molecule has 0 saturated carbocycles. The van der Waals surface area contributed by atoms with Crippen LogP contribution in [0, 0.1) is 45.3 Å². The van der Waals surface area contributed by atoms with Gasteiger partial charge in [0, 0.05) is 24.6 Å². The van der Waals surface area contributed by atoms with Crippen molar-refractivity contribution in [3.05, 3.63) is 70.4 Å². The van der Waals surface area contributed by atoms with Gasteiger partial charge in [-0.1, -0.05) is 42.5 Å². The van der Waals surface area contributed by atoms with E-state index in [2.05, 4.69) is 18.2 Å². The minimum atomic E-state index is -1.98. The number of Topliss-reactive ketones (excluding diaryl/α,β-unsaturated/α-hetero) is 1. The Morgan fingerprint density at radius 2 is 1.83 bits per heavy atom. The van der Waals surface area contributed by atoms with Gasteiger partial charge in [-0.3, -0.25) is 4.79 Å². The SMILES string of the molecule is CN1CC=C2C(C#N)=C(N)C(C#N)(C#N)C3(C(=O)c4cccc5cccc3c45)C2C1. The van der Waals surface area contributed by atoms with Gasteiger partial charge >= 0.3 is 0 Å². The average molecular weight is 391 g/mol. The smallest absolute Gasteiger partial charge is 0.201 e. The lowest BCUT2D eigenvalue weighted by atomic mass is 9.47. The summed E-state index contributed by atoms with van der Waals surface area (Å²) in [5.41, 5.74) is 4.76. The number of nitriles is 3. The molecule has 144 valence electrons. The number of fused-ring (bicyclic) bond motifs is 3. The van der Waals surface area contributed by atoms with E-state index >= 15 is 0 Å². The highest BCUT2D eigenvalue weighted by Gasteiger charge is 2.70. The molecule has 5 rings (SSSR count). The van der Waals surface area contributed by atoms with E-state index in [4.69, 9.17) is 5.73 Å². The highest BCUT2D eigenvalue weighted by atomic mass is 16.1. The van der Waals surface area contributed by atoms with Crippen LogP contribution in [-0.4, -0.2) is 30.8 Å². The van der Waals surface area contributed by atoms with Crippen molar-refractivity contribution >= 4 is 16.6 Å². The van der Waals surface area contributed by atoms with Crippen LogP contribution in [0.1, 0.15) is 15.9 Å². The Morgan fingerprint density at radius 1 is 1.13 bits per heavy atom. The quantitative estimate of drug-likeness (QED) is 0.737. The zero-order chi connectivity index (χ0) is 21.3. The number of nitrogens with two attached hydrogens (primary N) is 1. The van der Waals surface area contributed by atoms with Crippen LogP contribution in [0.3, 0.4) is 0 Å². The van der Waals surface area contributed by atoms with Gasteiger partial charge in [0.2, 0.25) is 5.41 Å². The van der Waals surface area contributed by atoms with E-state index in [-0.39, 0.29) is 17.1 Å². The molecular formula is C24H17N5O. The number of carbonyl (C=O) groups excluding carboxylic acids is 1. The molecule has 0 radical (unpaired) electrons. The van der Waals surface area contributed by atoms with Crippen molar-refractivity contribution < 1.29 is 4.79 Å². The third-order valence-corrected chi connectivity index (χ3v) is 6.95. The second-order valence-electron chi connectivity index (χ2n) is 8.15. The molecule has 0 fully saturated rings. The summed E-state index contributed by atoms with van der Waals surface area (Å²) in [5.74, 6) is -0.813. The molecule has 6 nitrogen and oxygen atoms in total. The Balaban J connectivity index is 2.02. The Morgan fingerprint density at radius 3 is 2.50 bits per heavy atom. The van der Waals surface area contributed by atoms with Gasteiger partial charge in [-0.15, -0.1) is 0 Å². The lowest BCUT2D eigenvalue weighted by Gasteiger charge is -2.51. The molecule has 1 aliphatic heterocycles. The van der Waals surface area contributed by atoms with Crippen LogP contribution in [0.15, 0.2) is 59.3 Å². The van der Waals surface area contributed by atoms with Crippen LogP contribution < -0.4 is 5.73 Å². The van der Waals surface area contributed by atoms with Gasteiger partial charge in [-0.05, 0) is 29.0 Å². The van der Waals surface area contributed by atoms with Crippen LogP contribution in [-0.2, 0) is 5.41 Å². The zero-order valence-corrected chi connectivity index (χ0v) is 16.3. The first kappa shape index (κ1) is 18.1. The fourth-order valence-corrected chi connectivity index (χ4v) is 5.70. The topological polar surface area (TPSA) is 118 Å². The van der Waals surface area contributed by atoms with E-state index in [1.54, 1.807) is 6.07 Å². The highest BCUT2D eigenvalue weighted by molar-refractivity contribution is 6.22. The summed E-state index contributed by atoms with van der Waals surface area (Å²) < 4.78 is 0. The number of allylic oxidation sites excluding steroid dienone is 2. The van der Waals surface area contributed by atoms with Gasteiger partial charge in [0.05, 0.1) is 23.4 Å². The summed E-state index contributed by atoms with van der Waals surface area (Å²) in [5, 5.41) is 32.3. The van der Waals surface area contributed by atoms with Crippen LogP contribution in [0.4, 0.5) is 0 Å². The fraction of sp³-hybridized carbons (Fsp3) is 0.250. The van der Waals surface area contributed by atoms with Crippen molar-refractivity contribution in [2.75, 3.05) is 20.1 Å². The molecule has 2 aromatic rings. The standard InChI is InChI=1S/C24H17N5O/c1-29-9-8-15-17(10-25)21(28)23(12-26,13-27)24(19(15)11-29)18-7-3-5-14-4-2-6-16(20(14)18)22(24)30/h2-8,19H,9,11,28H2,1H3. The third kappa shape index (κ3) is 1.73. The van der Waals surface area contributed by atoms with Crippen molar-refractivity contribution in [2.24, 2.45) is 17.1 Å². The molecule has 6 heteroatoms. The van der Waals surface area contributed by atoms with Crippen molar-refractivity contribution in [2.45, 2.75) is 5.41 Å². The number of carbonyl (C=O) groups is 1. The first-order valence-corrected chi connectivity index (χ1v) is 9.66. The maximum absolute atomic E-state index is 14.2. The molecule has 3 aliphatic rings. The van der Waals surface area contributed by atoms with E-state index in [1.807, 2.05) is 48.4 Å². The molecule has 1 spiro atoms. The monoisotopic (exact) mass is 391 g/mol. The van der Waals surface area contributed by atoms with Crippen molar-refractivity contribution in [1.29, 1.82) is 15.8 Å². The van der Waals surface area contributed by atoms with Gasteiger partial charge in [0.25, 0.3) is 0 Å². The van der Waals surface area contributed by atoms with Gasteiger partial charge in [-0.25, -0.2) is 0 Å². The lowest BCUT2D eigenvalue weighted by Crippen LogP contribution is -2.61. The molecule has 2 aliphatic carbocycles. The van der Waals surface area contributed by atoms with Gasteiger partial charge in [-0.2, -0.15) is 15.8 Å². The minimum Gasteiger partial charge on any atom is -0.399 e. The summed E-state index contributed by atoms with van der Waals surface area (Å²) in [7, 11) is 1.92. The second kappa shape index (κ2) is 5.80. The maximum Gasteiger partial charge on any atom is 0.201 e. The molecule has 2 aromatic carbocycles. The Bertz CT molecular complexity index is 1330.